The molecule has 0 unspecified atom stereocenters. The van der Waals surface area contributed by atoms with Gasteiger partial charge in [0.15, 0.2) is 0 Å². The van der Waals surface area contributed by atoms with Gasteiger partial charge in [0.05, 0.1) is 18.7 Å². The van der Waals surface area contributed by atoms with E-state index in [4.69, 9.17) is 10.5 Å². The monoisotopic (exact) mass is 422 g/mol. The molecule has 0 aliphatic carbocycles. The Balaban J connectivity index is 1.49. The molecule has 9 heteroatoms. The second kappa shape index (κ2) is 9.15. The Morgan fingerprint density at radius 3 is 2.68 bits per heavy atom. The Kier molecular flexibility index (Phi) is 6.15. The van der Waals surface area contributed by atoms with Gasteiger partial charge < -0.3 is 25.7 Å². The van der Waals surface area contributed by atoms with Gasteiger partial charge in [0, 0.05) is 62.1 Å². The van der Waals surface area contributed by atoms with Gasteiger partial charge in [0.25, 0.3) is 11.5 Å². The van der Waals surface area contributed by atoms with Gasteiger partial charge in [0.1, 0.15) is 11.5 Å². The average molecular weight is 422 g/mol. The highest BCUT2D eigenvalue weighted by Gasteiger charge is 2.13. The van der Waals surface area contributed by atoms with Crippen molar-refractivity contribution in [2.75, 3.05) is 55.8 Å². The van der Waals surface area contributed by atoms with E-state index in [0.717, 1.165) is 50.3 Å². The first-order chi connectivity index (χ1) is 15.0. The van der Waals surface area contributed by atoms with Crippen LogP contribution in [0.25, 0.3) is 10.9 Å². The Hall–Kier alpha value is -3.43. The third-order valence-corrected chi connectivity index (χ3v) is 5.37. The highest BCUT2D eigenvalue weighted by atomic mass is 16.5. The van der Waals surface area contributed by atoms with Gasteiger partial charge >= 0.3 is 0 Å². The molecule has 3 heterocycles. The number of hydrogen-bond acceptors (Lipinski definition) is 7. The standard InChI is InChI=1S/C22H26N6O3/c1-27-19-13-20(24-6-7-28-8-10-31-11-9-28)25-14-16(19)12-18(22(27)30)26-21(29)15-2-4-17(23)5-3-15/h2-5,12-14H,6-11,23H2,1H3,(H,24,25)(H,26,29). The summed E-state index contributed by atoms with van der Waals surface area (Å²) in [6.45, 7) is 5.07. The van der Waals surface area contributed by atoms with Crippen molar-refractivity contribution in [2.45, 2.75) is 0 Å². The van der Waals surface area contributed by atoms with Gasteiger partial charge in [-0.25, -0.2) is 4.98 Å². The van der Waals surface area contributed by atoms with Gasteiger partial charge in [-0.2, -0.15) is 0 Å². The van der Waals surface area contributed by atoms with Crippen LogP contribution in [0.4, 0.5) is 17.2 Å². The number of fused-ring (bicyclic) bond motifs is 1. The predicted molar refractivity (Wildman–Crippen MR) is 122 cm³/mol. The minimum Gasteiger partial charge on any atom is -0.399 e. The third-order valence-electron chi connectivity index (χ3n) is 5.37. The second-order valence-electron chi connectivity index (χ2n) is 7.51. The maximum atomic E-state index is 12.8. The first kappa shape index (κ1) is 20.8. The molecule has 0 atom stereocenters. The van der Waals surface area contributed by atoms with Crippen molar-refractivity contribution in [2.24, 2.45) is 7.05 Å². The number of nitrogens with two attached hydrogens (primary N) is 1. The number of anilines is 3. The van der Waals surface area contributed by atoms with Crippen molar-refractivity contribution >= 4 is 34.0 Å². The SMILES string of the molecule is Cn1c(=O)c(NC(=O)c2ccc(N)cc2)cc2cnc(NCCN3CCOCC3)cc21. The Bertz CT molecular complexity index is 1140. The van der Waals surface area contributed by atoms with E-state index >= 15 is 0 Å². The molecule has 0 radical (unpaired) electrons. The lowest BCUT2D eigenvalue weighted by molar-refractivity contribution is 0.0398. The van der Waals surface area contributed by atoms with E-state index in [9.17, 15) is 9.59 Å². The molecule has 4 N–H and O–H groups in total. The molecule has 1 fully saturated rings. The number of ether oxygens (including phenoxy) is 1. The molecule has 2 aromatic heterocycles. The summed E-state index contributed by atoms with van der Waals surface area (Å²) in [7, 11) is 1.68. The van der Waals surface area contributed by atoms with Crippen LogP contribution in [-0.4, -0.2) is 59.8 Å². The quantitative estimate of drug-likeness (QED) is 0.516. The smallest absolute Gasteiger partial charge is 0.274 e. The van der Waals surface area contributed by atoms with Crippen LogP contribution >= 0.6 is 0 Å². The van der Waals surface area contributed by atoms with Crippen LogP contribution in [0, 0.1) is 0 Å². The predicted octanol–water partition coefficient (Wildman–Crippen LogP) is 1.51. The number of hydrogen-bond donors (Lipinski definition) is 3. The van der Waals surface area contributed by atoms with Gasteiger partial charge in [-0.15, -0.1) is 0 Å². The normalized spacial score (nSPS) is 14.5. The summed E-state index contributed by atoms with van der Waals surface area (Å²) in [6.07, 6.45) is 1.70. The highest BCUT2D eigenvalue weighted by molar-refractivity contribution is 6.05. The number of benzene rings is 1. The van der Waals surface area contributed by atoms with E-state index in [1.807, 2.05) is 6.07 Å². The summed E-state index contributed by atoms with van der Waals surface area (Å²) >= 11 is 0. The number of aryl methyl sites for hydroxylation is 1. The fourth-order valence-corrected chi connectivity index (χ4v) is 3.55. The molecule has 1 amide bonds. The van der Waals surface area contributed by atoms with Gasteiger partial charge in [0.2, 0.25) is 0 Å². The number of nitrogens with zero attached hydrogens (tertiary/aromatic N) is 3. The molecule has 0 spiro atoms. The van der Waals surface area contributed by atoms with Crippen LogP contribution in [0.1, 0.15) is 10.4 Å². The lowest BCUT2D eigenvalue weighted by Crippen LogP contribution is -2.39. The molecule has 0 saturated carbocycles. The summed E-state index contributed by atoms with van der Waals surface area (Å²) in [5, 5.41) is 6.76. The van der Waals surface area contributed by atoms with Gasteiger partial charge in [-0.05, 0) is 30.3 Å². The van der Waals surface area contributed by atoms with Crippen LogP contribution in [0.5, 0.6) is 0 Å². The second-order valence-corrected chi connectivity index (χ2v) is 7.51. The number of pyridine rings is 2. The van der Waals surface area contributed by atoms with E-state index in [1.54, 1.807) is 43.6 Å². The van der Waals surface area contributed by atoms with E-state index < -0.39 is 0 Å². The van der Waals surface area contributed by atoms with E-state index in [2.05, 4.69) is 20.5 Å². The number of nitrogens with one attached hydrogen (secondary N) is 2. The van der Waals surface area contributed by atoms with Crippen LogP contribution < -0.4 is 21.9 Å². The third kappa shape index (κ3) is 4.84. The molecule has 4 rings (SSSR count). The summed E-state index contributed by atoms with van der Waals surface area (Å²) in [4.78, 5) is 32.1. The van der Waals surface area contributed by atoms with Crippen LogP contribution in [0.3, 0.4) is 0 Å². The molecular formula is C22H26N6O3. The molecule has 1 saturated heterocycles. The molecule has 3 aromatic rings. The molecule has 31 heavy (non-hydrogen) atoms. The number of nitrogen functional groups attached to an aromatic ring is 1. The largest absolute Gasteiger partial charge is 0.399 e. The van der Waals surface area contributed by atoms with Gasteiger partial charge in [-0.1, -0.05) is 0 Å². The first-order valence-corrected chi connectivity index (χ1v) is 10.2. The van der Waals surface area contributed by atoms with Crippen molar-refractivity contribution in [3.63, 3.8) is 0 Å². The van der Waals surface area contributed by atoms with Crippen LogP contribution in [0.15, 0.2) is 47.4 Å². The number of carbonyl (C=O) groups is 1. The maximum Gasteiger partial charge on any atom is 0.274 e. The van der Waals surface area contributed by atoms with Crippen molar-refractivity contribution in [1.82, 2.24) is 14.5 Å². The zero-order chi connectivity index (χ0) is 21.8. The molecule has 162 valence electrons. The molecule has 1 aromatic carbocycles. The summed E-state index contributed by atoms with van der Waals surface area (Å²) < 4.78 is 6.88. The average Bonchev–Trinajstić information content (AvgIpc) is 2.79. The molecule has 9 nitrogen and oxygen atoms in total. The zero-order valence-corrected chi connectivity index (χ0v) is 17.4. The molecular weight excluding hydrogens is 396 g/mol. The number of carbonyl (C=O) groups excluding carboxylic acids is 1. The molecule has 1 aliphatic rings. The Morgan fingerprint density at radius 1 is 1.19 bits per heavy atom. The number of rotatable bonds is 6. The number of aromatic nitrogens is 2. The maximum absolute atomic E-state index is 12.8. The summed E-state index contributed by atoms with van der Waals surface area (Å²) in [5.74, 6) is 0.334. The first-order valence-electron chi connectivity index (χ1n) is 10.2. The fourth-order valence-electron chi connectivity index (χ4n) is 3.55. The van der Waals surface area contributed by atoms with Crippen LogP contribution in [-0.2, 0) is 11.8 Å². The fraction of sp³-hybridized carbons (Fsp3) is 0.318. The number of amides is 1. The van der Waals surface area contributed by atoms with Crippen molar-refractivity contribution in [3.05, 3.63) is 58.5 Å². The minimum absolute atomic E-state index is 0.201. The zero-order valence-electron chi connectivity index (χ0n) is 17.4. The van der Waals surface area contributed by atoms with E-state index in [-0.39, 0.29) is 17.2 Å². The van der Waals surface area contributed by atoms with Crippen LogP contribution in [0.2, 0.25) is 0 Å². The molecule has 1 aliphatic heterocycles. The Morgan fingerprint density at radius 2 is 1.94 bits per heavy atom. The number of morpholine rings is 1. The van der Waals surface area contributed by atoms with Gasteiger partial charge in [-0.3, -0.25) is 14.5 Å². The Labute approximate surface area is 179 Å². The van der Waals surface area contributed by atoms with Crippen molar-refractivity contribution in [3.8, 4) is 0 Å². The topological polar surface area (TPSA) is 115 Å². The minimum atomic E-state index is -0.370. The van der Waals surface area contributed by atoms with E-state index in [0.29, 0.717) is 17.1 Å². The van der Waals surface area contributed by atoms with Crippen molar-refractivity contribution in [1.29, 1.82) is 0 Å². The molecule has 0 bridgehead atoms. The lowest BCUT2D eigenvalue weighted by atomic mass is 10.2. The summed E-state index contributed by atoms with van der Waals surface area (Å²) in [6, 6.07) is 10.0. The van der Waals surface area contributed by atoms with E-state index in [1.165, 1.54) is 4.57 Å². The highest BCUT2D eigenvalue weighted by Crippen LogP contribution is 2.18. The van der Waals surface area contributed by atoms with Crippen molar-refractivity contribution < 1.29 is 9.53 Å². The lowest BCUT2D eigenvalue weighted by Gasteiger charge is -2.26. The summed E-state index contributed by atoms with van der Waals surface area (Å²) in [5.41, 5.74) is 7.30.